The van der Waals surface area contributed by atoms with Crippen LogP contribution in [-0.4, -0.2) is 56.6 Å². The summed E-state index contributed by atoms with van der Waals surface area (Å²) >= 11 is 1.07. The number of aromatic nitrogens is 3. The first-order valence-corrected chi connectivity index (χ1v) is 14.9. The van der Waals surface area contributed by atoms with E-state index in [4.69, 9.17) is 0 Å². The van der Waals surface area contributed by atoms with Crippen LogP contribution in [0.1, 0.15) is 67.0 Å². The number of carbonyl (C=O) groups is 1. The SMILES string of the molecule is C=C(NC1CC1)[C@@H]1CCC2(CC1(C)C)N(C)C(=O)c1c(O)c(=O)c(-c3nnc(Cc4ccc(F)cc4F)s3)cn1N2C. The van der Waals surface area contributed by atoms with Crippen LogP contribution in [-0.2, 0) is 6.42 Å². The number of nitrogens with zero attached hydrogens (tertiary/aromatic N) is 5. The zero-order valence-electron chi connectivity index (χ0n) is 24.1. The van der Waals surface area contributed by atoms with Crippen molar-refractivity contribution in [1.29, 1.82) is 0 Å². The minimum atomic E-state index is -0.741. The quantitative estimate of drug-likeness (QED) is 0.435. The van der Waals surface area contributed by atoms with Gasteiger partial charge in [-0.3, -0.25) is 19.3 Å². The average Bonchev–Trinajstić information content (AvgIpc) is 3.62. The number of fused-ring (bicyclic) bond motifs is 1. The highest BCUT2D eigenvalue weighted by atomic mass is 32.1. The fraction of sp³-hybridized carbons (Fsp3) is 0.467. The molecule has 0 bridgehead atoms. The Morgan fingerprint density at radius 2 is 1.93 bits per heavy atom. The Kier molecular flexibility index (Phi) is 6.67. The lowest BCUT2D eigenvalue weighted by molar-refractivity contribution is -0.0197. The molecular formula is C30H34F2N6O3S. The van der Waals surface area contributed by atoms with Crippen molar-refractivity contribution >= 4 is 17.2 Å². The number of hydrogen-bond acceptors (Lipinski definition) is 8. The third kappa shape index (κ3) is 4.56. The molecule has 222 valence electrons. The highest BCUT2D eigenvalue weighted by molar-refractivity contribution is 7.14. The summed E-state index contributed by atoms with van der Waals surface area (Å²) in [5.41, 5.74) is -0.407. The molecule has 12 heteroatoms. The molecule has 42 heavy (non-hydrogen) atoms. The summed E-state index contributed by atoms with van der Waals surface area (Å²) in [6.45, 7) is 8.74. The van der Waals surface area contributed by atoms with E-state index in [1.54, 1.807) is 16.6 Å². The fourth-order valence-electron chi connectivity index (χ4n) is 6.71. The highest BCUT2D eigenvalue weighted by Crippen LogP contribution is 2.52. The third-order valence-corrected chi connectivity index (χ3v) is 10.1. The normalized spacial score (nSPS) is 23.3. The molecule has 1 unspecified atom stereocenters. The monoisotopic (exact) mass is 596 g/mol. The maximum absolute atomic E-state index is 14.2. The Morgan fingerprint density at radius 1 is 1.19 bits per heavy atom. The van der Waals surface area contributed by atoms with Gasteiger partial charge in [0.25, 0.3) is 5.91 Å². The van der Waals surface area contributed by atoms with E-state index in [-0.39, 0.29) is 39.6 Å². The number of nitrogens with one attached hydrogen (secondary N) is 1. The summed E-state index contributed by atoms with van der Waals surface area (Å²) in [4.78, 5) is 28.7. The molecule has 6 rings (SSSR count). The molecular weight excluding hydrogens is 562 g/mol. The van der Waals surface area contributed by atoms with E-state index in [2.05, 4.69) is 35.9 Å². The second kappa shape index (κ2) is 9.89. The molecule has 2 aromatic heterocycles. The Labute approximate surface area is 246 Å². The molecule has 1 aliphatic heterocycles. The molecule has 2 fully saturated rings. The molecule has 3 aromatic rings. The van der Waals surface area contributed by atoms with Crippen molar-refractivity contribution in [3.63, 3.8) is 0 Å². The summed E-state index contributed by atoms with van der Waals surface area (Å²) in [5.74, 6) is -2.25. The predicted octanol–water partition coefficient (Wildman–Crippen LogP) is 4.38. The first kappa shape index (κ1) is 28.3. The smallest absolute Gasteiger partial charge is 0.278 e. The zero-order chi connectivity index (χ0) is 30.1. The molecule has 2 saturated carbocycles. The summed E-state index contributed by atoms with van der Waals surface area (Å²) in [7, 11) is 3.58. The van der Waals surface area contributed by atoms with Gasteiger partial charge in [-0.15, -0.1) is 10.2 Å². The maximum Gasteiger partial charge on any atom is 0.278 e. The molecule has 0 saturated heterocycles. The van der Waals surface area contributed by atoms with Gasteiger partial charge in [0, 0.05) is 50.4 Å². The summed E-state index contributed by atoms with van der Waals surface area (Å²) in [6, 6.07) is 3.82. The molecule has 1 spiro atoms. The van der Waals surface area contributed by atoms with Crippen molar-refractivity contribution < 1.29 is 18.7 Å². The number of carbonyl (C=O) groups excluding carboxylic acids is 1. The number of amides is 1. The van der Waals surface area contributed by atoms with Gasteiger partial charge in [0.2, 0.25) is 5.43 Å². The molecule has 2 atom stereocenters. The van der Waals surface area contributed by atoms with Crippen LogP contribution in [0.3, 0.4) is 0 Å². The first-order chi connectivity index (χ1) is 19.8. The second-order valence-electron chi connectivity index (χ2n) is 12.4. The summed E-state index contributed by atoms with van der Waals surface area (Å²) < 4.78 is 29.1. The predicted molar refractivity (Wildman–Crippen MR) is 156 cm³/mol. The van der Waals surface area contributed by atoms with Gasteiger partial charge in [-0.2, -0.15) is 0 Å². The molecule has 1 amide bonds. The number of halogens is 2. The van der Waals surface area contributed by atoms with E-state index in [0.717, 1.165) is 42.4 Å². The van der Waals surface area contributed by atoms with Crippen molar-refractivity contribution in [1.82, 2.24) is 25.1 Å². The van der Waals surface area contributed by atoms with Gasteiger partial charge in [0.15, 0.2) is 16.5 Å². The lowest BCUT2D eigenvalue weighted by atomic mass is 9.63. The number of hydrogen-bond donors (Lipinski definition) is 2. The Bertz CT molecular complexity index is 1660. The summed E-state index contributed by atoms with van der Waals surface area (Å²) in [5, 5.41) is 25.4. The van der Waals surface area contributed by atoms with Gasteiger partial charge in [-0.1, -0.05) is 37.8 Å². The van der Waals surface area contributed by atoms with Crippen molar-refractivity contribution in [2.45, 2.75) is 64.1 Å². The molecule has 2 aliphatic carbocycles. The Hall–Kier alpha value is -3.80. The average molecular weight is 597 g/mol. The third-order valence-electron chi connectivity index (χ3n) is 9.18. The molecule has 3 aliphatic rings. The molecule has 9 nitrogen and oxygen atoms in total. The molecule has 0 radical (unpaired) electrons. The minimum Gasteiger partial charge on any atom is -0.502 e. The maximum atomic E-state index is 14.2. The first-order valence-electron chi connectivity index (χ1n) is 14.1. The van der Waals surface area contributed by atoms with Gasteiger partial charge in [0.1, 0.15) is 22.3 Å². The number of aromatic hydroxyl groups is 1. The lowest BCUT2D eigenvalue weighted by Crippen LogP contribution is -2.71. The van der Waals surface area contributed by atoms with Crippen LogP contribution in [0.2, 0.25) is 0 Å². The van der Waals surface area contributed by atoms with Crippen LogP contribution in [0.4, 0.5) is 8.78 Å². The second-order valence-corrected chi connectivity index (χ2v) is 13.5. The van der Waals surface area contributed by atoms with Crippen LogP contribution in [0, 0.1) is 23.0 Å². The number of benzene rings is 1. The lowest BCUT2D eigenvalue weighted by Gasteiger charge is -2.59. The van der Waals surface area contributed by atoms with Gasteiger partial charge >= 0.3 is 0 Å². The van der Waals surface area contributed by atoms with Crippen LogP contribution in [0.5, 0.6) is 5.75 Å². The molecule has 1 aromatic carbocycles. The van der Waals surface area contributed by atoms with E-state index < -0.39 is 34.4 Å². The standard InChI is InChI=1S/C30H34F2N6O3S/c1-16(33-19-8-9-19)21-10-11-30(15-29(21,2)3)36(4)28(41)24-26(40)25(39)20(14-38(24)37(30)5)27-35-34-23(42-27)12-17-6-7-18(31)13-22(17)32/h6-7,13-14,19,21,33,40H,1,8-12,15H2,2-5H3/t21-,30?/m0/s1. The van der Waals surface area contributed by atoms with Crippen molar-refractivity contribution in [3.05, 3.63) is 74.8 Å². The van der Waals surface area contributed by atoms with E-state index in [1.165, 1.54) is 18.3 Å². The van der Waals surface area contributed by atoms with Gasteiger partial charge in [-0.05, 0) is 49.1 Å². The fourth-order valence-corrected chi connectivity index (χ4v) is 7.58. The molecule has 3 heterocycles. The van der Waals surface area contributed by atoms with Crippen LogP contribution in [0.15, 0.2) is 41.5 Å². The van der Waals surface area contributed by atoms with E-state index in [1.807, 2.05) is 12.1 Å². The number of rotatable bonds is 6. The Morgan fingerprint density at radius 3 is 2.60 bits per heavy atom. The molecule has 2 N–H and O–H groups in total. The van der Waals surface area contributed by atoms with Gasteiger partial charge < -0.3 is 15.3 Å². The highest BCUT2D eigenvalue weighted by Gasteiger charge is 2.55. The van der Waals surface area contributed by atoms with Crippen LogP contribution >= 0.6 is 11.3 Å². The van der Waals surface area contributed by atoms with Gasteiger partial charge in [0.05, 0.1) is 5.56 Å². The zero-order valence-corrected chi connectivity index (χ0v) is 24.9. The largest absolute Gasteiger partial charge is 0.502 e. The topological polar surface area (TPSA) is 104 Å². The number of allylic oxidation sites excluding steroid dienone is 1. The van der Waals surface area contributed by atoms with Crippen molar-refractivity contribution in [3.8, 4) is 16.3 Å². The van der Waals surface area contributed by atoms with Gasteiger partial charge in [-0.25, -0.2) is 8.78 Å². The van der Waals surface area contributed by atoms with E-state index in [9.17, 15) is 23.5 Å². The van der Waals surface area contributed by atoms with Crippen LogP contribution in [0.25, 0.3) is 10.6 Å². The van der Waals surface area contributed by atoms with Crippen LogP contribution < -0.4 is 15.8 Å². The number of pyridine rings is 1. The van der Waals surface area contributed by atoms with Crippen molar-refractivity contribution in [2.24, 2.45) is 11.3 Å². The summed E-state index contributed by atoms with van der Waals surface area (Å²) in [6.07, 6.45) is 6.03. The van der Waals surface area contributed by atoms with E-state index >= 15 is 0 Å². The van der Waals surface area contributed by atoms with E-state index in [0.29, 0.717) is 23.9 Å². The van der Waals surface area contributed by atoms with Crippen molar-refractivity contribution in [2.75, 3.05) is 19.1 Å². The Balaban J connectivity index is 1.34. The minimum absolute atomic E-state index is 0.0610.